The predicted molar refractivity (Wildman–Crippen MR) is 102 cm³/mol. The van der Waals surface area contributed by atoms with Crippen LogP contribution in [-0.4, -0.2) is 37.4 Å². The smallest absolute Gasteiger partial charge is 0.238 e. The van der Waals surface area contributed by atoms with E-state index in [2.05, 4.69) is 15.3 Å². The zero-order valence-electron chi connectivity index (χ0n) is 14.5. The first-order chi connectivity index (χ1) is 12.2. The van der Waals surface area contributed by atoms with Crippen LogP contribution in [0.15, 0.2) is 47.6 Å². The third-order valence-corrected chi connectivity index (χ3v) is 4.72. The maximum absolute atomic E-state index is 11.7. The second-order valence-corrected chi connectivity index (χ2v) is 7.79. The molecule has 0 aliphatic heterocycles. The highest BCUT2D eigenvalue weighted by Crippen LogP contribution is 2.28. The summed E-state index contributed by atoms with van der Waals surface area (Å²) in [6.45, 7) is 0.610. The Kier molecular flexibility index (Phi) is 4.77. The number of nitrogens with two attached hydrogens (primary N) is 2. The zero-order chi connectivity index (χ0) is 18.9. The van der Waals surface area contributed by atoms with Crippen LogP contribution in [0.25, 0.3) is 10.9 Å². The number of nitrogens with one attached hydrogen (secondary N) is 1. The Bertz CT molecular complexity index is 1070. The molecule has 2 aromatic carbocycles. The van der Waals surface area contributed by atoms with Crippen molar-refractivity contribution in [2.24, 2.45) is 5.14 Å². The van der Waals surface area contributed by atoms with Gasteiger partial charge in [0.1, 0.15) is 12.1 Å². The Morgan fingerprint density at radius 1 is 1.12 bits per heavy atom. The fourth-order valence-corrected chi connectivity index (χ4v) is 3.17. The van der Waals surface area contributed by atoms with Crippen LogP contribution in [0.5, 0.6) is 0 Å². The number of aromatic nitrogens is 2. The van der Waals surface area contributed by atoms with E-state index in [9.17, 15) is 8.42 Å². The summed E-state index contributed by atoms with van der Waals surface area (Å²) in [6.07, 6.45) is 1.44. The van der Waals surface area contributed by atoms with Crippen LogP contribution in [0.3, 0.4) is 0 Å². The van der Waals surface area contributed by atoms with Gasteiger partial charge in [-0.3, -0.25) is 0 Å². The van der Waals surface area contributed by atoms with Crippen LogP contribution >= 0.6 is 0 Å². The highest BCUT2D eigenvalue weighted by atomic mass is 32.2. The monoisotopic (exact) mass is 372 g/mol. The molecule has 0 fully saturated rings. The number of nitrogen functional groups attached to an aromatic ring is 1. The van der Waals surface area contributed by atoms with Crippen molar-refractivity contribution >= 4 is 38.1 Å². The van der Waals surface area contributed by atoms with Crippen LogP contribution in [0, 0.1) is 0 Å². The molecule has 1 heterocycles. The van der Waals surface area contributed by atoms with Gasteiger partial charge in [-0.25, -0.2) is 23.5 Å². The molecule has 5 N–H and O–H groups in total. The van der Waals surface area contributed by atoms with E-state index in [1.54, 1.807) is 24.3 Å². The van der Waals surface area contributed by atoms with Crippen LogP contribution in [0.1, 0.15) is 5.56 Å². The van der Waals surface area contributed by atoms with Crippen molar-refractivity contribution in [3.05, 3.63) is 48.3 Å². The van der Waals surface area contributed by atoms with E-state index in [1.807, 2.05) is 19.0 Å². The number of fused-ring (bicyclic) bond motifs is 1. The molecular weight excluding hydrogens is 352 g/mol. The number of hydrogen-bond acceptors (Lipinski definition) is 7. The highest BCUT2D eigenvalue weighted by Gasteiger charge is 2.14. The molecule has 9 heteroatoms. The van der Waals surface area contributed by atoms with Crippen LogP contribution in [-0.2, 0) is 16.6 Å². The summed E-state index contributed by atoms with van der Waals surface area (Å²) in [5.74, 6) is 0.536. The Labute approximate surface area is 151 Å². The van der Waals surface area contributed by atoms with Crippen molar-refractivity contribution in [3.8, 4) is 0 Å². The van der Waals surface area contributed by atoms with Gasteiger partial charge in [0.05, 0.1) is 10.4 Å². The van der Waals surface area contributed by atoms with Gasteiger partial charge in [-0.15, -0.1) is 0 Å². The summed E-state index contributed by atoms with van der Waals surface area (Å²) in [6, 6.07) is 10.1. The van der Waals surface area contributed by atoms with Gasteiger partial charge in [0, 0.05) is 23.3 Å². The standard InChI is InChI=1S/C17H20N6O2S/c1-23(2)9-11-3-5-13(26(19,24)25)8-16(11)22-17-14-7-12(18)4-6-15(14)20-10-21-17/h3-8,10H,9,18H2,1-2H3,(H2,19,24,25)(H,20,21,22). The van der Waals surface area contributed by atoms with Crippen molar-refractivity contribution < 1.29 is 8.42 Å². The van der Waals surface area contributed by atoms with E-state index in [0.717, 1.165) is 16.5 Å². The van der Waals surface area contributed by atoms with Crippen molar-refractivity contribution in [2.45, 2.75) is 11.4 Å². The van der Waals surface area contributed by atoms with Crippen molar-refractivity contribution in [3.63, 3.8) is 0 Å². The van der Waals surface area contributed by atoms with Crippen LogP contribution < -0.4 is 16.2 Å². The summed E-state index contributed by atoms with van der Waals surface area (Å²) >= 11 is 0. The first-order valence-electron chi connectivity index (χ1n) is 7.82. The molecule has 0 bridgehead atoms. The SMILES string of the molecule is CN(C)Cc1ccc(S(N)(=O)=O)cc1Nc1ncnc2ccc(N)cc12. The highest BCUT2D eigenvalue weighted by molar-refractivity contribution is 7.89. The third-order valence-electron chi connectivity index (χ3n) is 3.81. The number of rotatable bonds is 5. The van der Waals surface area contributed by atoms with E-state index in [-0.39, 0.29) is 4.90 Å². The van der Waals surface area contributed by atoms with E-state index in [0.29, 0.717) is 23.7 Å². The summed E-state index contributed by atoms with van der Waals surface area (Å²) in [4.78, 5) is 10.5. The molecule has 0 spiro atoms. The minimum absolute atomic E-state index is 0.0281. The molecule has 0 amide bonds. The third kappa shape index (κ3) is 3.90. The molecule has 0 saturated heterocycles. The molecule has 0 aliphatic carbocycles. The van der Waals surface area contributed by atoms with Gasteiger partial charge in [0.2, 0.25) is 10.0 Å². The average molecular weight is 372 g/mol. The van der Waals surface area contributed by atoms with Gasteiger partial charge in [-0.05, 0) is 50.0 Å². The molecule has 1 aromatic heterocycles. The van der Waals surface area contributed by atoms with Crippen LogP contribution in [0.4, 0.5) is 17.2 Å². The number of primary sulfonamides is 1. The number of sulfonamides is 1. The largest absolute Gasteiger partial charge is 0.399 e. The molecule has 0 aliphatic rings. The summed E-state index contributed by atoms with van der Waals surface area (Å²) in [5, 5.41) is 9.22. The predicted octanol–water partition coefficient (Wildman–Crippen LogP) is 1.66. The molecule has 26 heavy (non-hydrogen) atoms. The van der Waals surface area contributed by atoms with Gasteiger partial charge < -0.3 is 16.0 Å². The summed E-state index contributed by atoms with van der Waals surface area (Å²) in [7, 11) is 0.0390. The number of hydrogen-bond donors (Lipinski definition) is 3. The molecule has 0 radical (unpaired) electrons. The number of nitrogens with zero attached hydrogens (tertiary/aromatic N) is 3. The first-order valence-corrected chi connectivity index (χ1v) is 9.36. The van der Waals surface area contributed by atoms with Gasteiger partial charge in [0.25, 0.3) is 0 Å². The summed E-state index contributed by atoms with van der Waals surface area (Å²) < 4.78 is 23.5. The lowest BCUT2D eigenvalue weighted by Gasteiger charge is -2.17. The molecule has 0 atom stereocenters. The second kappa shape index (κ2) is 6.87. The summed E-state index contributed by atoms with van der Waals surface area (Å²) in [5.41, 5.74) is 8.70. The Morgan fingerprint density at radius 3 is 2.58 bits per heavy atom. The normalized spacial score (nSPS) is 11.8. The lowest BCUT2D eigenvalue weighted by Crippen LogP contribution is -2.15. The van der Waals surface area contributed by atoms with Gasteiger partial charge in [-0.1, -0.05) is 6.07 Å². The minimum Gasteiger partial charge on any atom is -0.399 e. The van der Waals surface area contributed by atoms with Crippen molar-refractivity contribution in [1.82, 2.24) is 14.9 Å². The molecule has 0 unspecified atom stereocenters. The van der Waals surface area contributed by atoms with Gasteiger partial charge >= 0.3 is 0 Å². The molecular formula is C17H20N6O2S. The Hall–Kier alpha value is -2.75. The second-order valence-electron chi connectivity index (χ2n) is 6.23. The topological polar surface area (TPSA) is 127 Å². The average Bonchev–Trinajstić information content (AvgIpc) is 2.55. The minimum atomic E-state index is -3.82. The van der Waals surface area contributed by atoms with Crippen molar-refractivity contribution in [1.29, 1.82) is 0 Å². The van der Waals surface area contributed by atoms with E-state index in [4.69, 9.17) is 10.9 Å². The Morgan fingerprint density at radius 2 is 1.88 bits per heavy atom. The molecule has 0 saturated carbocycles. The van der Waals surface area contributed by atoms with Gasteiger partial charge in [0.15, 0.2) is 0 Å². The first kappa shape index (κ1) is 18.1. The van der Waals surface area contributed by atoms with Crippen LogP contribution in [0.2, 0.25) is 0 Å². The maximum Gasteiger partial charge on any atom is 0.238 e. The molecule has 8 nitrogen and oxygen atoms in total. The van der Waals surface area contributed by atoms with E-state index < -0.39 is 10.0 Å². The number of anilines is 3. The van der Waals surface area contributed by atoms with E-state index >= 15 is 0 Å². The van der Waals surface area contributed by atoms with Gasteiger partial charge in [-0.2, -0.15) is 0 Å². The lowest BCUT2D eigenvalue weighted by atomic mass is 10.1. The fraction of sp³-hybridized carbons (Fsp3) is 0.176. The Balaban J connectivity index is 2.12. The van der Waals surface area contributed by atoms with Crippen molar-refractivity contribution in [2.75, 3.05) is 25.1 Å². The molecule has 3 aromatic rings. The lowest BCUT2D eigenvalue weighted by molar-refractivity contribution is 0.403. The maximum atomic E-state index is 11.7. The zero-order valence-corrected chi connectivity index (χ0v) is 15.3. The number of benzene rings is 2. The fourth-order valence-electron chi connectivity index (χ4n) is 2.63. The quantitative estimate of drug-likeness (QED) is 0.581. The molecule has 136 valence electrons. The molecule has 3 rings (SSSR count). The van der Waals surface area contributed by atoms with E-state index in [1.165, 1.54) is 18.5 Å².